The number of carbonyl (C=O) groups is 1. The van der Waals surface area contributed by atoms with E-state index in [0.29, 0.717) is 28.2 Å². The van der Waals surface area contributed by atoms with E-state index in [1.807, 2.05) is 26.0 Å². The Labute approximate surface area is 232 Å². The van der Waals surface area contributed by atoms with Crippen LogP contribution < -0.4 is 4.74 Å². The van der Waals surface area contributed by atoms with E-state index in [9.17, 15) is 27.8 Å². The van der Waals surface area contributed by atoms with Crippen molar-refractivity contribution in [1.82, 2.24) is 4.31 Å². The quantitative estimate of drug-likeness (QED) is 0.349. The molecule has 1 aromatic heterocycles. The molecule has 0 spiro atoms. The molecule has 0 amide bonds. The lowest BCUT2D eigenvalue weighted by Crippen LogP contribution is -2.36. The summed E-state index contributed by atoms with van der Waals surface area (Å²) in [6.45, 7) is 8.67. The van der Waals surface area contributed by atoms with Crippen LogP contribution in [0.3, 0.4) is 0 Å². The maximum atomic E-state index is 14.7. The monoisotopic (exact) mass is 575 g/mol. The number of para-hydroxylation sites is 1. The number of ether oxygens (including phenoxy) is 1. The number of hydrogen-bond donors (Lipinski definition) is 2. The van der Waals surface area contributed by atoms with Gasteiger partial charge in [0.1, 0.15) is 22.6 Å². The fourth-order valence-corrected chi connectivity index (χ4v) is 7.79. The average molecular weight is 576 g/mol. The SMILES string of the molecule is CCC1CN(Cc2cc(C(c3cc(F)c(C(C)O)s3)C(C)(C)C(=O)O)ccc2C)S(=O)(=O)c2ccccc2O1. The summed E-state index contributed by atoms with van der Waals surface area (Å²) in [5, 5.41) is 20.1. The Hall–Kier alpha value is -2.79. The molecular weight excluding hydrogens is 541 g/mol. The number of fused-ring (bicyclic) bond motifs is 1. The standard InChI is InChI=1S/C29H34FNO6S2/c1-6-21-16-31(39(35,36)25-10-8-7-9-23(25)37-21)15-20-13-19(12-11-17(20)2)26(29(4,5)28(33)34)24-14-22(30)27(38-24)18(3)32/h7-14,18,21,26,32H,6,15-16H2,1-5H3,(H,33,34). The zero-order chi connectivity index (χ0) is 28.7. The second-order valence-electron chi connectivity index (χ2n) is 10.6. The van der Waals surface area contributed by atoms with E-state index in [-0.39, 0.29) is 29.0 Å². The molecule has 0 radical (unpaired) electrons. The summed E-state index contributed by atoms with van der Waals surface area (Å²) < 4.78 is 49.5. The van der Waals surface area contributed by atoms with Gasteiger partial charge in [-0.2, -0.15) is 4.31 Å². The highest BCUT2D eigenvalue weighted by molar-refractivity contribution is 7.89. The molecule has 2 aromatic carbocycles. The van der Waals surface area contributed by atoms with Gasteiger partial charge in [-0.15, -0.1) is 11.3 Å². The van der Waals surface area contributed by atoms with Gasteiger partial charge < -0.3 is 14.9 Å². The normalized spacial score (nSPS) is 19.0. The van der Waals surface area contributed by atoms with E-state index >= 15 is 0 Å². The summed E-state index contributed by atoms with van der Waals surface area (Å²) in [5.41, 5.74) is 0.852. The second-order valence-corrected chi connectivity index (χ2v) is 13.6. The minimum absolute atomic E-state index is 0.0636. The molecule has 39 heavy (non-hydrogen) atoms. The van der Waals surface area contributed by atoms with Crippen molar-refractivity contribution in [3.05, 3.63) is 80.8 Å². The van der Waals surface area contributed by atoms with Gasteiger partial charge in [0.2, 0.25) is 10.0 Å². The predicted octanol–water partition coefficient (Wildman–Crippen LogP) is 5.85. The highest BCUT2D eigenvalue weighted by atomic mass is 32.2. The maximum absolute atomic E-state index is 14.7. The van der Waals surface area contributed by atoms with E-state index in [4.69, 9.17) is 4.74 Å². The number of sulfonamides is 1. The lowest BCUT2D eigenvalue weighted by Gasteiger charge is -2.31. The minimum Gasteiger partial charge on any atom is -0.488 e. The number of carboxylic acid groups (broad SMARTS) is 1. The number of nitrogens with zero attached hydrogens (tertiary/aromatic N) is 1. The summed E-state index contributed by atoms with van der Waals surface area (Å²) in [5.74, 6) is -2.05. The third-order valence-electron chi connectivity index (χ3n) is 7.35. The number of aryl methyl sites for hydroxylation is 1. The maximum Gasteiger partial charge on any atom is 0.310 e. The molecule has 0 fully saturated rings. The van der Waals surface area contributed by atoms with E-state index < -0.39 is 39.2 Å². The zero-order valence-electron chi connectivity index (χ0n) is 22.6. The van der Waals surface area contributed by atoms with Gasteiger partial charge >= 0.3 is 5.97 Å². The Morgan fingerprint density at radius 1 is 1.23 bits per heavy atom. The average Bonchev–Trinajstić information content (AvgIpc) is 3.21. The van der Waals surface area contributed by atoms with Crippen molar-refractivity contribution >= 4 is 27.3 Å². The van der Waals surface area contributed by atoms with Gasteiger partial charge in [-0.05, 0) is 69.0 Å². The largest absolute Gasteiger partial charge is 0.488 e. The van der Waals surface area contributed by atoms with Crippen LogP contribution in [0.15, 0.2) is 53.4 Å². The molecule has 7 nitrogen and oxygen atoms in total. The first-order valence-corrected chi connectivity index (χ1v) is 15.1. The van der Waals surface area contributed by atoms with Gasteiger partial charge in [-0.25, -0.2) is 12.8 Å². The molecule has 3 unspecified atom stereocenters. The van der Waals surface area contributed by atoms with Crippen LogP contribution in [0.5, 0.6) is 5.75 Å². The molecule has 0 aliphatic carbocycles. The minimum atomic E-state index is -3.88. The van der Waals surface area contributed by atoms with Crippen molar-refractivity contribution < 1.29 is 32.6 Å². The van der Waals surface area contributed by atoms with Gasteiger partial charge in [0.05, 0.1) is 22.9 Å². The van der Waals surface area contributed by atoms with Gasteiger partial charge in [-0.3, -0.25) is 4.79 Å². The van der Waals surface area contributed by atoms with E-state index in [0.717, 1.165) is 16.9 Å². The van der Waals surface area contributed by atoms with Crippen LogP contribution in [0, 0.1) is 18.2 Å². The number of aliphatic carboxylic acids is 1. The number of benzene rings is 2. The third kappa shape index (κ3) is 5.61. The molecule has 1 aliphatic heterocycles. The molecule has 1 aliphatic rings. The number of hydrogen-bond acceptors (Lipinski definition) is 6. The van der Waals surface area contributed by atoms with Crippen LogP contribution in [0.4, 0.5) is 4.39 Å². The first-order valence-electron chi connectivity index (χ1n) is 12.8. The molecule has 0 saturated carbocycles. The highest BCUT2D eigenvalue weighted by Gasteiger charge is 2.41. The number of rotatable bonds is 8. The molecule has 2 N–H and O–H groups in total. The second kappa shape index (κ2) is 11.0. The first kappa shape index (κ1) is 29.2. The van der Waals surface area contributed by atoms with Crippen molar-refractivity contribution in [2.45, 2.75) is 70.6 Å². The van der Waals surface area contributed by atoms with Crippen LogP contribution in [0.1, 0.15) is 72.6 Å². The molecule has 4 rings (SSSR count). The Balaban J connectivity index is 1.80. The number of thiophene rings is 1. The van der Waals surface area contributed by atoms with Crippen LogP contribution >= 0.6 is 11.3 Å². The van der Waals surface area contributed by atoms with Crippen LogP contribution in [0.2, 0.25) is 0 Å². The van der Waals surface area contributed by atoms with E-state index in [2.05, 4.69) is 0 Å². The number of aliphatic hydroxyl groups is 1. The fourth-order valence-electron chi connectivity index (χ4n) is 4.92. The van der Waals surface area contributed by atoms with E-state index in [1.54, 1.807) is 38.1 Å². The summed E-state index contributed by atoms with van der Waals surface area (Å²) in [7, 11) is -3.88. The highest BCUT2D eigenvalue weighted by Crippen LogP contribution is 2.46. The first-order chi connectivity index (χ1) is 18.3. The molecule has 2 heterocycles. The van der Waals surface area contributed by atoms with Gasteiger partial charge in [0.25, 0.3) is 0 Å². The van der Waals surface area contributed by atoms with Gasteiger partial charge in [0.15, 0.2) is 0 Å². The van der Waals surface area contributed by atoms with Crippen molar-refractivity contribution in [3.63, 3.8) is 0 Å². The Bertz CT molecular complexity index is 1480. The zero-order valence-corrected chi connectivity index (χ0v) is 24.3. The molecule has 3 atom stereocenters. The topological polar surface area (TPSA) is 104 Å². The van der Waals surface area contributed by atoms with Crippen LogP contribution in [-0.4, -0.2) is 41.6 Å². The molecule has 10 heteroatoms. The molecule has 210 valence electrons. The fraction of sp³-hybridized carbons (Fsp3) is 0.414. The molecule has 3 aromatic rings. The predicted molar refractivity (Wildman–Crippen MR) is 148 cm³/mol. The lowest BCUT2D eigenvalue weighted by atomic mass is 9.73. The number of aliphatic hydroxyl groups excluding tert-OH is 1. The Morgan fingerprint density at radius 3 is 2.54 bits per heavy atom. The number of halogens is 1. The summed E-state index contributed by atoms with van der Waals surface area (Å²) >= 11 is 1.05. The van der Waals surface area contributed by atoms with Crippen LogP contribution in [0.25, 0.3) is 0 Å². The van der Waals surface area contributed by atoms with Crippen molar-refractivity contribution in [2.24, 2.45) is 5.41 Å². The lowest BCUT2D eigenvalue weighted by molar-refractivity contribution is -0.147. The molecular formula is C29H34FNO6S2. The van der Waals surface area contributed by atoms with Gasteiger partial charge in [0, 0.05) is 17.3 Å². The van der Waals surface area contributed by atoms with Crippen molar-refractivity contribution in [3.8, 4) is 5.75 Å². The smallest absolute Gasteiger partial charge is 0.310 e. The summed E-state index contributed by atoms with van der Waals surface area (Å²) in [6, 6.07) is 13.3. The third-order valence-corrected chi connectivity index (χ3v) is 10.5. The van der Waals surface area contributed by atoms with Gasteiger partial charge in [-0.1, -0.05) is 37.3 Å². The summed E-state index contributed by atoms with van der Waals surface area (Å²) in [6.07, 6.45) is -0.751. The molecule has 0 saturated heterocycles. The van der Waals surface area contributed by atoms with Crippen molar-refractivity contribution in [2.75, 3.05) is 6.54 Å². The Kier molecular flexibility index (Phi) is 8.23. The molecule has 0 bridgehead atoms. The van der Waals surface area contributed by atoms with Crippen molar-refractivity contribution in [1.29, 1.82) is 0 Å². The summed E-state index contributed by atoms with van der Waals surface area (Å²) in [4.78, 5) is 13.1. The van der Waals surface area contributed by atoms with E-state index in [1.165, 1.54) is 23.4 Å². The Morgan fingerprint density at radius 2 is 1.92 bits per heavy atom. The number of carboxylic acids is 1. The van der Waals surface area contributed by atoms with Crippen LogP contribution in [-0.2, 0) is 21.4 Å².